The largest absolute Gasteiger partial charge is 0.314 e. The molecule has 0 saturated heterocycles. The molecule has 1 N–H and O–H groups in total. The van der Waals surface area contributed by atoms with Crippen LogP contribution in [0.3, 0.4) is 0 Å². The van der Waals surface area contributed by atoms with Gasteiger partial charge >= 0.3 is 0 Å². The average Bonchev–Trinajstić information content (AvgIpc) is 2.13. The highest BCUT2D eigenvalue weighted by molar-refractivity contribution is 5.49. The lowest BCUT2D eigenvalue weighted by Crippen LogP contribution is -2.11. The van der Waals surface area contributed by atoms with Crippen LogP contribution in [0, 0.1) is 5.82 Å². The Morgan fingerprint density at radius 2 is 2.31 bits per heavy atom. The van der Waals surface area contributed by atoms with Gasteiger partial charge in [-0.1, -0.05) is 31.2 Å². The van der Waals surface area contributed by atoms with Gasteiger partial charge in [0, 0.05) is 6.54 Å². The topological polar surface area (TPSA) is 12.0 Å². The molecule has 1 aromatic rings. The van der Waals surface area contributed by atoms with E-state index in [0.29, 0.717) is 0 Å². The van der Waals surface area contributed by atoms with Crippen LogP contribution in [-0.4, -0.2) is 13.1 Å². The molecule has 0 amide bonds. The molecule has 1 aromatic carbocycles. The molecule has 0 spiro atoms. The Morgan fingerprint density at radius 1 is 1.46 bits per heavy atom. The average molecular weight is 179 g/mol. The Bertz CT molecular complexity index is 281. The zero-order chi connectivity index (χ0) is 9.52. The highest BCUT2D eigenvalue weighted by Gasteiger charge is 1.88. The van der Waals surface area contributed by atoms with Gasteiger partial charge in [0.15, 0.2) is 0 Å². The van der Waals surface area contributed by atoms with Crippen LogP contribution >= 0.6 is 0 Å². The first kappa shape index (κ1) is 9.93. The molecule has 70 valence electrons. The van der Waals surface area contributed by atoms with Gasteiger partial charge in [-0.15, -0.1) is 0 Å². The molecule has 0 aliphatic carbocycles. The van der Waals surface area contributed by atoms with Crippen LogP contribution < -0.4 is 5.32 Å². The molecule has 1 nitrogen and oxygen atoms in total. The van der Waals surface area contributed by atoms with E-state index in [1.165, 1.54) is 12.1 Å². The second-order valence-electron chi connectivity index (χ2n) is 2.77. The predicted molar refractivity (Wildman–Crippen MR) is 54.0 cm³/mol. The van der Waals surface area contributed by atoms with Gasteiger partial charge in [0.2, 0.25) is 0 Å². The molecule has 0 radical (unpaired) electrons. The standard InChI is InChI=1S/C11H14FN/c1-2-13-8-4-6-10-5-3-7-11(12)9-10/h3-7,9,13H,2,8H2,1H3. The first-order valence-corrected chi connectivity index (χ1v) is 4.45. The van der Waals surface area contributed by atoms with Crippen LogP contribution in [0.5, 0.6) is 0 Å². The molecule has 0 saturated carbocycles. The summed E-state index contributed by atoms with van der Waals surface area (Å²) >= 11 is 0. The lowest BCUT2D eigenvalue weighted by atomic mass is 10.2. The fourth-order valence-electron chi connectivity index (χ4n) is 1.03. The smallest absolute Gasteiger partial charge is 0.123 e. The molecule has 0 aliphatic rings. The summed E-state index contributed by atoms with van der Waals surface area (Å²) in [4.78, 5) is 0. The Labute approximate surface area is 78.3 Å². The molecular weight excluding hydrogens is 165 g/mol. The van der Waals surface area contributed by atoms with Crippen LogP contribution in [0.4, 0.5) is 4.39 Å². The van der Waals surface area contributed by atoms with E-state index in [2.05, 4.69) is 12.2 Å². The third-order valence-electron chi connectivity index (χ3n) is 1.67. The Hall–Kier alpha value is -1.15. The summed E-state index contributed by atoms with van der Waals surface area (Å²) in [6.07, 6.45) is 3.89. The van der Waals surface area contributed by atoms with E-state index >= 15 is 0 Å². The molecule has 0 bridgehead atoms. The quantitative estimate of drug-likeness (QED) is 0.700. The summed E-state index contributed by atoms with van der Waals surface area (Å²) in [6.45, 7) is 3.83. The van der Waals surface area contributed by atoms with E-state index in [9.17, 15) is 4.39 Å². The lowest BCUT2D eigenvalue weighted by molar-refractivity contribution is 0.627. The van der Waals surface area contributed by atoms with Crippen molar-refractivity contribution < 1.29 is 4.39 Å². The molecule has 0 heterocycles. The summed E-state index contributed by atoms with van der Waals surface area (Å²) in [5.41, 5.74) is 0.901. The minimum absolute atomic E-state index is 0.189. The van der Waals surface area contributed by atoms with Crippen molar-refractivity contribution in [2.75, 3.05) is 13.1 Å². The SMILES string of the molecule is CCNCC=Cc1cccc(F)c1. The highest BCUT2D eigenvalue weighted by Crippen LogP contribution is 2.04. The Kier molecular flexibility index (Phi) is 4.19. The highest BCUT2D eigenvalue weighted by atomic mass is 19.1. The van der Waals surface area contributed by atoms with Crippen molar-refractivity contribution in [3.63, 3.8) is 0 Å². The lowest BCUT2D eigenvalue weighted by Gasteiger charge is -1.94. The minimum atomic E-state index is -0.189. The normalized spacial score (nSPS) is 10.9. The summed E-state index contributed by atoms with van der Waals surface area (Å²) in [6, 6.07) is 6.55. The molecule has 0 aliphatic heterocycles. The number of hydrogen-bond donors (Lipinski definition) is 1. The van der Waals surface area contributed by atoms with Gasteiger partial charge in [-0.2, -0.15) is 0 Å². The van der Waals surface area contributed by atoms with E-state index in [4.69, 9.17) is 0 Å². The third kappa shape index (κ3) is 3.85. The van der Waals surface area contributed by atoms with Gasteiger partial charge in [-0.3, -0.25) is 0 Å². The number of likely N-dealkylation sites (N-methyl/N-ethyl adjacent to an activating group) is 1. The second kappa shape index (κ2) is 5.49. The van der Waals surface area contributed by atoms with E-state index in [1.54, 1.807) is 6.07 Å². The van der Waals surface area contributed by atoms with Crippen LogP contribution in [0.2, 0.25) is 0 Å². The maximum Gasteiger partial charge on any atom is 0.123 e. The van der Waals surface area contributed by atoms with Crippen molar-refractivity contribution in [1.82, 2.24) is 5.32 Å². The fraction of sp³-hybridized carbons (Fsp3) is 0.273. The summed E-state index contributed by atoms with van der Waals surface area (Å²) < 4.78 is 12.7. The summed E-state index contributed by atoms with van der Waals surface area (Å²) in [7, 11) is 0. The van der Waals surface area contributed by atoms with Crippen molar-refractivity contribution in [3.8, 4) is 0 Å². The van der Waals surface area contributed by atoms with Crippen molar-refractivity contribution in [1.29, 1.82) is 0 Å². The van der Waals surface area contributed by atoms with Crippen LogP contribution in [0.1, 0.15) is 12.5 Å². The van der Waals surface area contributed by atoms with E-state index in [0.717, 1.165) is 18.7 Å². The molecule has 1 rings (SSSR count). The fourth-order valence-corrected chi connectivity index (χ4v) is 1.03. The first-order chi connectivity index (χ1) is 6.33. The van der Waals surface area contributed by atoms with E-state index in [-0.39, 0.29) is 5.82 Å². The van der Waals surface area contributed by atoms with Crippen molar-refractivity contribution in [3.05, 3.63) is 41.7 Å². The monoisotopic (exact) mass is 179 g/mol. The third-order valence-corrected chi connectivity index (χ3v) is 1.67. The van der Waals surface area contributed by atoms with Gasteiger partial charge in [-0.25, -0.2) is 4.39 Å². The summed E-state index contributed by atoms with van der Waals surface area (Å²) in [5, 5.41) is 3.15. The minimum Gasteiger partial charge on any atom is -0.314 e. The number of benzene rings is 1. The van der Waals surface area contributed by atoms with E-state index in [1.807, 2.05) is 18.2 Å². The Balaban J connectivity index is 2.48. The van der Waals surface area contributed by atoms with Gasteiger partial charge in [0.25, 0.3) is 0 Å². The number of nitrogens with one attached hydrogen (secondary N) is 1. The van der Waals surface area contributed by atoms with Gasteiger partial charge < -0.3 is 5.32 Å². The van der Waals surface area contributed by atoms with Crippen LogP contribution in [0.25, 0.3) is 6.08 Å². The van der Waals surface area contributed by atoms with Gasteiger partial charge in [0.05, 0.1) is 0 Å². The Morgan fingerprint density at radius 3 is 3.00 bits per heavy atom. The van der Waals surface area contributed by atoms with Crippen molar-refractivity contribution in [2.24, 2.45) is 0 Å². The molecule has 0 aromatic heterocycles. The maximum atomic E-state index is 12.7. The summed E-state index contributed by atoms with van der Waals surface area (Å²) in [5.74, 6) is -0.189. The van der Waals surface area contributed by atoms with Gasteiger partial charge in [0.1, 0.15) is 5.82 Å². The molecule has 0 unspecified atom stereocenters. The second-order valence-corrected chi connectivity index (χ2v) is 2.77. The van der Waals surface area contributed by atoms with Gasteiger partial charge in [-0.05, 0) is 24.2 Å². The predicted octanol–water partition coefficient (Wildman–Crippen LogP) is 2.45. The molecule has 2 heteroatoms. The zero-order valence-corrected chi connectivity index (χ0v) is 7.76. The molecule has 0 fully saturated rings. The maximum absolute atomic E-state index is 12.7. The zero-order valence-electron chi connectivity index (χ0n) is 7.76. The van der Waals surface area contributed by atoms with E-state index < -0.39 is 0 Å². The van der Waals surface area contributed by atoms with Crippen molar-refractivity contribution >= 4 is 6.08 Å². The van der Waals surface area contributed by atoms with Crippen molar-refractivity contribution in [2.45, 2.75) is 6.92 Å². The number of hydrogen-bond acceptors (Lipinski definition) is 1. The van der Waals surface area contributed by atoms with Crippen LogP contribution in [-0.2, 0) is 0 Å². The molecular formula is C11H14FN. The number of halogens is 1. The molecule has 13 heavy (non-hydrogen) atoms. The first-order valence-electron chi connectivity index (χ1n) is 4.45. The van der Waals surface area contributed by atoms with Crippen LogP contribution in [0.15, 0.2) is 30.3 Å². The molecule has 0 atom stereocenters. The number of rotatable bonds is 4.